The molecule has 0 radical (unpaired) electrons. The summed E-state index contributed by atoms with van der Waals surface area (Å²) in [7, 11) is 0. The van der Waals surface area contributed by atoms with Crippen LogP contribution in [-0.2, 0) is 0 Å². The summed E-state index contributed by atoms with van der Waals surface area (Å²) in [5.41, 5.74) is 1.63. The maximum Gasteiger partial charge on any atom is 0.159 e. The summed E-state index contributed by atoms with van der Waals surface area (Å²) in [6, 6.07) is 16.8. The summed E-state index contributed by atoms with van der Waals surface area (Å²) in [6.07, 6.45) is 0.289. The van der Waals surface area contributed by atoms with Crippen molar-refractivity contribution >= 4 is 5.78 Å². The van der Waals surface area contributed by atoms with Crippen LogP contribution in [0, 0.1) is 0 Å². The molecule has 0 heterocycles. The third-order valence-corrected chi connectivity index (χ3v) is 3.10. The predicted molar refractivity (Wildman–Crippen MR) is 78.0 cm³/mol. The first-order valence-corrected chi connectivity index (χ1v) is 6.64. The molecular weight excluding hydrogens is 252 g/mol. The van der Waals surface area contributed by atoms with Gasteiger partial charge in [-0.2, -0.15) is 0 Å². The zero-order valence-corrected chi connectivity index (χ0v) is 11.5. The van der Waals surface area contributed by atoms with E-state index in [9.17, 15) is 9.90 Å². The van der Waals surface area contributed by atoms with Gasteiger partial charge in [0, 0.05) is 18.6 Å². The third kappa shape index (κ3) is 3.68. The zero-order valence-electron chi connectivity index (χ0n) is 11.5. The normalized spacial score (nSPS) is 11.9. The molecule has 0 saturated heterocycles. The Morgan fingerprint density at radius 2 is 1.75 bits per heavy atom. The highest BCUT2D eigenvalue weighted by Crippen LogP contribution is 2.24. The van der Waals surface area contributed by atoms with Gasteiger partial charge in [-0.3, -0.25) is 4.79 Å². The van der Waals surface area contributed by atoms with Crippen molar-refractivity contribution in [3.05, 3.63) is 65.7 Å². The highest BCUT2D eigenvalue weighted by Gasteiger charge is 2.13. The molecule has 0 aromatic heterocycles. The van der Waals surface area contributed by atoms with Gasteiger partial charge < -0.3 is 9.84 Å². The average Bonchev–Trinajstić information content (AvgIpc) is 2.48. The first-order valence-electron chi connectivity index (χ1n) is 6.64. The van der Waals surface area contributed by atoms with Crippen LogP contribution in [0.2, 0.25) is 0 Å². The van der Waals surface area contributed by atoms with Gasteiger partial charge in [0.05, 0.1) is 0 Å². The molecule has 3 heteroatoms. The Bertz CT molecular complexity index is 546. The van der Waals surface area contributed by atoms with E-state index >= 15 is 0 Å². The molecule has 0 fully saturated rings. The number of aliphatic hydroxyl groups excluding tert-OH is 1. The second-order valence-electron chi connectivity index (χ2n) is 4.61. The molecule has 0 aliphatic heterocycles. The minimum absolute atomic E-state index is 0.0410. The van der Waals surface area contributed by atoms with Crippen molar-refractivity contribution < 1.29 is 14.6 Å². The molecular formula is C17H18O3. The molecule has 0 bridgehead atoms. The monoisotopic (exact) mass is 270 g/mol. The van der Waals surface area contributed by atoms with Gasteiger partial charge in [-0.05, 0) is 24.6 Å². The van der Waals surface area contributed by atoms with E-state index < -0.39 is 0 Å². The van der Waals surface area contributed by atoms with Crippen molar-refractivity contribution in [2.75, 3.05) is 6.61 Å². The molecule has 3 nitrogen and oxygen atoms in total. The second kappa shape index (κ2) is 6.87. The number of benzene rings is 2. The molecule has 2 aromatic rings. The summed E-state index contributed by atoms with van der Waals surface area (Å²) in [5, 5.41) is 9.18. The van der Waals surface area contributed by atoms with Gasteiger partial charge in [0.15, 0.2) is 5.78 Å². The molecule has 0 spiro atoms. The summed E-state index contributed by atoms with van der Waals surface area (Å²) in [5.74, 6) is 0.806. The van der Waals surface area contributed by atoms with Gasteiger partial charge >= 0.3 is 0 Å². The van der Waals surface area contributed by atoms with Crippen molar-refractivity contribution in [3.8, 4) is 5.75 Å². The molecule has 2 aromatic carbocycles. The number of Topliss-reactive ketones (excluding diaryl/α,β-unsaturated/α-hetero) is 1. The van der Waals surface area contributed by atoms with Gasteiger partial charge in [0.25, 0.3) is 0 Å². The first kappa shape index (κ1) is 14.3. The Hall–Kier alpha value is -2.13. The van der Waals surface area contributed by atoms with Gasteiger partial charge in [-0.25, -0.2) is 0 Å². The van der Waals surface area contributed by atoms with Crippen LogP contribution in [-0.4, -0.2) is 17.5 Å². The van der Waals surface area contributed by atoms with Crippen molar-refractivity contribution in [2.24, 2.45) is 0 Å². The largest absolute Gasteiger partial charge is 0.486 e. The number of hydrogen-bond acceptors (Lipinski definition) is 3. The Labute approximate surface area is 118 Å². The van der Waals surface area contributed by atoms with Crippen molar-refractivity contribution in [1.82, 2.24) is 0 Å². The molecule has 104 valence electrons. The maximum absolute atomic E-state index is 11.3. The Morgan fingerprint density at radius 3 is 2.30 bits per heavy atom. The van der Waals surface area contributed by atoms with Crippen LogP contribution in [0.5, 0.6) is 5.75 Å². The van der Waals surface area contributed by atoms with Crippen molar-refractivity contribution in [3.63, 3.8) is 0 Å². The van der Waals surface area contributed by atoms with Crippen LogP contribution in [0.15, 0.2) is 54.6 Å². The second-order valence-corrected chi connectivity index (χ2v) is 4.61. The van der Waals surface area contributed by atoms with Gasteiger partial charge in [-0.1, -0.05) is 42.5 Å². The SMILES string of the molecule is CC(=O)c1ccc(C(CCO)Oc2ccccc2)cc1. The van der Waals surface area contributed by atoms with E-state index in [4.69, 9.17) is 4.74 Å². The zero-order chi connectivity index (χ0) is 14.4. The number of ether oxygens (including phenoxy) is 1. The fourth-order valence-corrected chi connectivity index (χ4v) is 2.01. The average molecular weight is 270 g/mol. The molecule has 0 saturated carbocycles. The van der Waals surface area contributed by atoms with Gasteiger partial charge in [0.1, 0.15) is 11.9 Å². The number of carbonyl (C=O) groups excluding carboxylic acids is 1. The molecule has 20 heavy (non-hydrogen) atoms. The number of aliphatic hydroxyl groups is 1. The van der Waals surface area contributed by atoms with E-state index in [0.717, 1.165) is 11.3 Å². The lowest BCUT2D eigenvalue weighted by molar-refractivity contribution is 0.101. The molecule has 0 amide bonds. The molecule has 1 atom stereocenters. The van der Waals surface area contributed by atoms with E-state index in [-0.39, 0.29) is 18.5 Å². The lowest BCUT2D eigenvalue weighted by atomic mass is 10.0. The fourth-order valence-electron chi connectivity index (χ4n) is 2.01. The van der Waals surface area contributed by atoms with Gasteiger partial charge in [-0.15, -0.1) is 0 Å². The minimum Gasteiger partial charge on any atom is -0.486 e. The van der Waals surface area contributed by atoms with E-state index in [1.807, 2.05) is 42.5 Å². The molecule has 0 aliphatic rings. The third-order valence-electron chi connectivity index (χ3n) is 3.10. The Balaban J connectivity index is 2.17. The smallest absolute Gasteiger partial charge is 0.159 e. The van der Waals surface area contributed by atoms with Crippen LogP contribution in [0.1, 0.15) is 35.4 Å². The quantitative estimate of drug-likeness (QED) is 0.818. The number of rotatable bonds is 6. The number of hydrogen-bond donors (Lipinski definition) is 1. The molecule has 2 rings (SSSR count). The standard InChI is InChI=1S/C17H18O3/c1-13(19)14-7-9-15(10-8-14)17(11-12-18)20-16-5-3-2-4-6-16/h2-10,17-18H,11-12H2,1H3. The molecule has 0 aliphatic carbocycles. The minimum atomic E-state index is -0.219. The number of para-hydroxylation sites is 1. The van der Waals surface area contributed by atoms with Crippen LogP contribution < -0.4 is 4.74 Å². The highest BCUT2D eigenvalue weighted by atomic mass is 16.5. The fraction of sp³-hybridized carbons (Fsp3) is 0.235. The number of ketones is 1. The van der Waals surface area contributed by atoms with Crippen LogP contribution in [0.3, 0.4) is 0 Å². The van der Waals surface area contributed by atoms with Crippen LogP contribution in [0.25, 0.3) is 0 Å². The van der Waals surface area contributed by atoms with E-state index in [2.05, 4.69) is 0 Å². The van der Waals surface area contributed by atoms with E-state index in [0.29, 0.717) is 12.0 Å². The topological polar surface area (TPSA) is 46.5 Å². The van der Waals surface area contributed by atoms with Crippen molar-refractivity contribution in [1.29, 1.82) is 0 Å². The lowest BCUT2D eigenvalue weighted by Crippen LogP contribution is -2.10. The van der Waals surface area contributed by atoms with E-state index in [1.165, 1.54) is 0 Å². The first-order chi connectivity index (χ1) is 9.70. The summed E-state index contributed by atoms with van der Waals surface area (Å²) in [6.45, 7) is 1.59. The lowest BCUT2D eigenvalue weighted by Gasteiger charge is -2.19. The van der Waals surface area contributed by atoms with Gasteiger partial charge in [0.2, 0.25) is 0 Å². The Kier molecular flexibility index (Phi) is 4.91. The van der Waals surface area contributed by atoms with Crippen LogP contribution >= 0.6 is 0 Å². The summed E-state index contributed by atoms with van der Waals surface area (Å²) >= 11 is 0. The maximum atomic E-state index is 11.3. The number of carbonyl (C=O) groups is 1. The molecule has 1 unspecified atom stereocenters. The highest BCUT2D eigenvalue weighted by molar-refractivity contribution is 5.94. The summed E-state index contributed by atoms with van der Waals surface area (Å²) in [4.78, 5) is 11.3. The summed E-state index contributed by atoms with van der Waals surface area (Å²) < 4.78 is 5.90. The Morgan fingerprint density at radius 1 is 1.10 bits per heavy atom. The van der Waals surface area contributed by atoms with Crippen molar-refractivity contribution in [2.45, 2.75) is 19.4 Å². The predicted octanol–water partition coefficient (Wildman–Crippen LogP) is 3.39. The van der Waals surface area contributed by atoms with E-state index in [1.54, 1.807) is 19.1 Å². The molecule has 1 N–H and O–H groups in total. The van der Waals surface area contributed by atoms with Crippen LogP contribution in [0.4, 0.5) is 0 Å².